The van der Waals surface area contributed by atoms with E-state index in [2.05, 4.69) is 172 Å². The summed E-state index contributed by atoms with van der Waals surface area (Å²) in [6.07, 6.45) is 0. The minimum absolute atomic E-state index is 0.0191. The quantitative estimate of drug-likeness (QED) is 0.190. The first kappa shape index (κ1) is 29.1. The summed E-state index contributed by atoms with van der Waals surface area (Å²) >= 11 is 0. The number of nitrogens with zero attached hydrogens (tertiary/aromatic N) is 2. The lowest BCUT2D eigenvalue weighted by molar-refractivity contribution is 0.660. The van der Waals surface area contributed by atoms with E-state index in [0.717, 1.165) is 39.3 Å². The fourth-order valence-electron chi connectivity index (χ4n) is 7.65. The number of hydrogen-bond donors (Lipinski definition) is 0. The Hall–Kier alpha value is -6.12. The maximum Gasteiger partial charge on any atom is 0.161 e. The standard InChI is InChI=1S/C47H34N2/c1-47(2)41-22-12-11-20-40(41)45-36(21-13-23-42(45)47)32-26-24-31(25-27-32)35-28-29-39(38-19-10-9-18-37(35)38)46-48-43(33-14-5-3-6-15-33)30-44(49-46)34-16-7-4-8-17-34/h3-30H,1-2H3. The molecule has 0 radical (unpaired) electrons. The van der Waals surface area contributed by atoms with Gasteiger partial charge in [0.25, 0.3) is 0 Å². The van der Waals surface area contributed by atoms with Crippen molar-refractivity contribution in [1.82, 2.24) is 9.97 Å². The SMILES string of the molecule is CC1(C)c2ccccc2-c2c(-c3ccc(-c4ccc(-c5nc(-c6ccccc6)cc(-c6ccccc6)n5)c5ccccc45)cc3)cccc21. The van der Waals surface area contributed by atoms with Crippen LogP contribution in [0.25, 0.3) is 78.1 Å². The molecule has 232 valence electrons. The Labute approximate surface area is 287 Å². The first-order valence-electron chi connectivity index (χ1n) is 16.9. The zero-order valence-electron chi connectivity index (χ0n) is 27.6. The van der Waals surface area contributed by atoms with Gasteiger partial charge in [0.15, 0.2) is 5.82 Å². The third-order valence-corrected chi connectivity index (χ3v) is 10.1. The first-order valence-corrected chi connectivity index (χ1v) is 16.9. The summed E-state index contributed by atoms with van der Waals surface area (Å²) in [6.45, 7) is 4.68. The van der Waals surface area contributed by atoms with Crippen molar-refractivity contribution < 1.29 is 0 Å². The van der Waals surface area contributed by atoms with Crippen LogP contribution < -0.4 is 0 Å². The summed E-state index contributed by atoms with van der Waals surface area (Å²) in [6, 6.07) is 60.6. The van der Waals surface area contributed by atoms with E-state index in [9.17, 15) is 0 Å². The van der Waals surface area contributed by atoms with Crippen molar-refractivity contribution in [2.45, 2.75) is 19.3 Å². The van der Waals surface area contributed by atoms with E-state index in [0.29, 0.717) is 0 Å². The van der Waals surface area contributed by atoms with E-state index in [1.165, 1.54) is 49.9 Å². The summed E-state index contributed by atoms with van der Waals surface area (Å²) in [7, 11) is 0. The molecule has 0 saturated carbocycles. The zero-order valence-corrected chi connectivity index (χ0v) is 27.6. The maximum atomic E-state index is 5.14. The molecule has 7 aromatic carbocycles. The van der Waals surface area contributed by atoms with Gasteiger partial charge in [-0.05, 0) is 67.4 Å². The smallest absolute Gasteiger partial charge is 0.161 e. The molecule has 1 aromatic heterocycles. The highest BCUT2D eigenvalue weighted by molar-refractivity contribution is 6.04. The molecule has 1 aliphatic rings. The third kappa shape index (κ3) is 4.88. The van der Waals surface area contributed by atoms with E-state index < -0.39 is 0 Å². The van der Waals surface area contributed by atoms with Crippen LogP contribution in [0.4, 0.5) is 0 Å². The topological polar surface area (TPSA) is 25.8 Å². The van der Waals surface area contributed by atoms with Crippen LogP contribution in [0.5, 0.6) is 0 Å². The van der Waals surface area contributed by atoms with E-state index in [4.69, 9.17) is 9.97 Å². The molecule has 9 rings (SSSR count). The minimum atomic E-state index is -0.0191. The van der Waals surface area contributed by atoms with Crippen molar-refractivity contribution in [2.24, 2.45) is 0 Å². The largest absolute Gasteiger partial charge is 0.228 e. The van der Waals surface area contributed by atoms with Crippen molar-refractivity contribution in [3.8, 4) is 67.3 Å². The van der Waals surface area contributed by atoms with Crippen molar-refractivity contribution in [1.29, 1.82) is 0 Å². The van der Waals surface area contributed by atoms with Gasteiger partial charge in [0, 0.05) is 22.1 Å². The van der Waals surface area contributed by atoms with Gasteiger partial charge in [-0.15, -0.1) is 0 Å². The van der Waals surface area contributed by atoms with Gasteiger partial charge in [-0.2, -0.15) is 0 Å². The number of rotatable bonds is 5. The van der Waals surface area contributed by atoms with Crippen LogP contribution in [-0.2, 0) is 5.41 Å². The lowest BCUT2D eigenvalue weighted by atomic mass is 9.82. The molecule has 0 saturated heterocycles. The highest BCUT2D eigenvalue weighted by Crippen LogP contribution is 2.52. The average Bonchev–Trinajstić information content (AvgIpc) is 3.41. The summed E-state index contributed by atoms with van der Waals surface area (Å²) in [4.78, 5) is 10.3. The van der Waals surface area contributed by atoms with E-state index >= 15 is 0 Å². The lowest BCUT2D eigenvalue weighted by Crippen LogP contribution is -2.14. The van der Waals surface area contributed by atoms with Crippen molar-refractivity contribution in [3.05, 3.63) is 181 Å². The molecular formula is C47H34N2. The Bertz CT molecular complexity index is 2440. The van der Waals surface area contributed by atoms with Crippen molar-refractivity contribution in [2.75, 3.05) is 0 Å². The third-order valence-electron chi connectivity index (χ3n) is 10.1. The molecule has 49 heavy (non-hydrogen) atoms. The van der Waals surface area contributed by atoms with Crippen LogP contribution in [-0.4, -0.2) is 9.97 Å². The van der Waals surface area contributed by atoms with E-state index in [-0.39, 0.29) is 5.41 Å². The summed E-state index contributed by atoms with van der Waals surface area (Å²) in [5.41, 5.74) is 15.3. The second kappa shape index (κ2) is 11.5. The Morgan fingerprint density at radius 1 is 0.367 bits per heavy atom. The van der Waals surface area contributed by atoms with Gasteiger partial charge in [0.1, 0.15) is 0 Å². The molecule has 8 aromatic rings. The average molecular weight is 627 g/mol. The van der Waals surface area contributed by atoms with Gasteiger partial charge in [0.2, 0.25) is 0 Å². The zero-order chi connectivity index (χ0) is 33.0. The molecule has 0 amide bonds. The monoisotopic (exact) mass is 626 g/mol. The van der Waals surface area contributed by atoms with Crippen LogP contribution >= 0.6 is 0 Å². The fourth-order valence-corrected chi connectivity index (χ4v) is 7.65. The van der Waals surface area contributed by atoms with Crippen LogP contribution in [0.3, 0.4) is 0 Å². The summed E-state index contributed by atoms with van der Waals surface area (Å²) in [5.74, 6) is 0.722. The summed E-state index contributed by atoms with van der Waals surface area (Å²) in [5, 5.41) is 2.31. The van der Waals surface area contributed by atoms with E-state index in [1.807, 2.05) is 12.1 Å². The van der Waals surface area contributed by atoms with Gasteiger partial charge < -0.3 is 0 Å². The van der Waals surface area contributed by atoms with Crippen molar-refractivity contribution >= 4 is 10.8 Å². The maximum absolute atomic E-state index is 5.14. The van der Waals surface area contributed by atoms with Crippen LogP contribution in [0, 0.1) is 0 Å². The minimum Gasteiger partial charge on any atom is -0.228 e. The predicted molar refractivity (Wildman–Crippen MR) is 204 cm³/mol. The molecule has 0 bridgehead atoms. The molecular weight excluding hydrogens is 593 g/mol. The lowest BCUT2D eigenvalue weighted by Gasteiger charge is -2.21. The molecule has 0 N–H and O–H groups in total. The molecule has 2 nitrogen and oxygen atoms in total. The molecule has 1 heterocycles. The second-order valence-electron chi connectivity index (χ2n) is 13.4. The van der Waals surface area contributed by atoms with Crippen LogP contribution in [0.2, 0.25) is 0 Å². The van der Waals surface area contributed by atoms with Crippen LogP contribution in [0.1, 0.15) is 25.0 Å². The number of aromatic nitrogens is 2. The van der Waals surface area contributed by atoms with Gasteiger partial charge >= 0.3 is 0 Å². The fraction of sp³-hybridized carbons (Fsp3) is 0.0638. The molecule has 0 unspecified atom stereocenters. The van der Waals surface area contributed by atoms with Gasteiger partial charge in [-0.3, -0.25) is 0 Å². The Kier molecular flexibility index (Phi) is 6.84. The normalized spacial score (nSPS) is 12.9. The number of fused-ring (bicyclic) bond motifs is 4. The van der Waals surface area contributed by atoms with Crippen LogP contribution in [0.15, 0.2) is 170 Å². The highest BCUT2D eigenvalue weighted by Gasteiger charge is 2.36. The molecule has 2 heteroatoms. The van der Waals surface area contributed by atoms with Gasteiger partial charge in [-0.1, -0.05) is 172 Å². The predicted octanol–water partition coefficient (Wildman–Crippen LogP) is 12.3. The Morgan fingerprint density at radius 3 is 1.51 bits per heavy atom. The number of benzene rings is 7. The second-order valence-corrected chi connectivity index (χ2v) is 13.4. The summed E-state index contributed by atoms with van der Waals surface area (Å²) < 4.78 is 0. The highest BCUT2D eigenvalue weighted by atomic mass is 14.9. The molecule has 0 aliphatic heterocycles. The van der Waals surface area contributed by atoms with Gasteiger partial charge in [0.05, 0.1) is 11.4 Å². The molecule has 0 spiro atoms. The Balaban J connectivity index is 1.15. The molecule has 0 fully saturated rings. The van der Waals surface area contributed by atoms with E-state index in [1.54, 1.807) is 0 Å². The molecule has 0 atom stereocenters. The first-order chi connectivity index (χ1) is 24.1. The number of hydrogen-bond acceptors (Lipinski definition) is 2. The molecule has 1 aliphatic carbocycles. The van der Waals surface area contributed by atoms with Gasteiger partial charge in [-0.25, -0.2) is 9.97 Å². The Morgan fingerprint density at radius 2 is 0.857 bits per heavy atom. The van der Waals surface area contributed by atoms with Crippen molar-refractivity contribution in [3.63, 3.8) is 0 Å².